The van der Waals surface area contributed by atoms with Crippen LogP contribution in [0.15, 0.2) is 22.9 Å². The zero-order valence-corrected chi connectivity index (χ0v) is 13.9. The first-order valence-corrected chi connectivity index (χ1v) is 10.3. The molecule has 0 bridgehead atoms. The summed E-state index contributed by atoms with van der Waals surface area (Å²) in [5.41, 5.74) is 0.982. The summed E-state index contributed by atoms with van der Waals surface area (Å²) >= 11 is 1.57. The fourth-order valence-corrected chi connectivity index (χ4v) is 5.75. The molecule has 2 fully saturated rings. The molecule has 3 heterocycles. The highest BCUT2D eigenvalue weighted by molar-refractivity contribution is 7.91. The molecule has 2 saturated heterocycles. The van der Waals surface area contributed by atoms with Crippen molar-refractivity contribution in [2.45, 2.75) is 24.9 Å². The molecule has 22 heavy (non-hydrogen) atoms. The molecular formula is C15H20N2O3S2. The van der Waals surface area contributed by atoms with E-state index in [1.54, 1.807) is 17.4 Å². The van der Waals surface area contributed by atoms with Gasteiger partial charge in [-0.1, -0.05) is 0 Å². The van der Waals surface area contributed by atoms with Crippen LogP contribution in [0.1, 0.15) is 18.4 Å². The summed E-state index contributed by atoms with van der Waals surface area (Å²) in [5, 5.41) is 6.78. The summed E-state index contributed by atoms with van der Waals surface area (Å²) < 4.78 is 23.9. The number of nitrogens with one attached hydrogen (secondary N) is 1. The zero-order valence-electron chi connectivity index (χ0n) is 12.3. The molecule has 0 radical (unpaired) electrons. The lowest BCUT2D eigenvalue weighted by atomic mass is 10.1. The van der Waals surface area contributed by atoms with Crippen LogP contribution in [-0.2, 0) is 14.6 Å². The molecule has 2 aliphatic heterocycles. The van der Waals surface area contributed by atoms with E-state index >= 15 is 0 Å². The molecular weight excluding hydrogens is 320 g/mol. The highest BCUT2D eigenvalue weighted by Gasteiger charge is 2.42. The van der Waals surface area contributed by atoms with Crippen molar-refractivity contribution in [2.24, 2.45) is 0 Å². The Bertz CT molecular complexity index is 646. The monoisotopic (exact) mass is 340 g/mol. The molecule has 0 spiro atoms. The van der Waals surface area contributed by atoms with Crippen LogP contribution in [-0.4, -0.2) is 55.9 Å². The van der Waals surface area contributed by atoms with E-state index in [1.807, 2.05) is 16.8 Å². The lowest BCUT2D eigenvalue weighted by Gasteiger charge is -2.28. The highest BCUT2D eigenvalue weighted by Crippen LogP contribution is 2.22. The second-order valence-electron chi connectivity index (χ2n) is 5.89. The van der Waals surface area contributed by atoms with E-state index in [0.717, 1.165) is 31.5 Å². The molecule has 0 saturated carbocycles. The number of sulfone groups is 1. The molecule has 1 amide bonds. The van der Waals surface area contributed by atoms with Gasteiger partial charge in [-0.3, -0.25) is 9.69 Å². The number of hydrogen-bond donors (Lipinski definition) is 1. The summed E-state index contributed by atoms with van der Waals surface area (Å²) in [6, 6.07) is 1.55. The quantitative estimate of drug-likeness (QED) is 0.835. The Labute approximate surface area is 134 Å². The topological polar surface area (TPSA) is 66.5 Å². The number of nitrogens with zero attached hydrogens (tertiary/aromatic N) is 1. The normalized spacial score (nSPS) is 28.4. The Kier molecular flexibility index (Phi) is 4.65. The Morgan fingerprint density at radius 2 is 2.09 bits per heavy atom. The van der Waals surface area contributed by atoms with E-state index in [4.69, 9.17) is 0 Å². The van der Waals surface area contributed by atoms with Crippen molar-refractivity contribution in [1.82, 2.24) is 10.2 Å². The minimum atomic E-state index is -3.06. The van der Waals surface area contributed by atoms with Crippen molar-refractivity contribution >= 4 is 33.2 Å². The third-order valence-corrected chi connectivity index (χ3v) is 6.65. The van der Waals surface area contributed by atoms with Crippen LogP contribution in [0.3, 0.4) is 0 Å². The first kappa shape index (κ1) is 15.7. The number of hydrogen-bond acceptors (Lipinski definition) is 5. The third-order valence-electron chi connectivity index (χ3n) is 4.23. The van der Waals surface area contributed by atoms with E-state index in [9.17, 15) is 13.2 Å². The van der Waals surface area contributed by atoms with Gasteiger partial charge in [0, 0.05) is 12.1 Å². The number of rotatable bonds is 4. The Hall–Kier alpha value is -1.18. The summed E-state index contributed by atoms with van der Waals surface area (Å²) in [5.74, 6) is -0.0178. The van der Waals surface area contributed by atoms with Crippen molar-refractivity contribution < 1.29 is 13.2 Å². The first-order valence-electron chi connectivity index (χ1n) is 7.49. The summed E-state index contributed by atoms with van der Waals surface area (Å²) in [6.07, 6.45) is 5.44. The fourth-order valence-electron chi connectivity index (χ4n) is 3.17. The molecule has 5 nitrogen and oxygen atoms in total. The molecule has 0 aliphatic carbocycles. The van der Waals surface area contributed by atoms with E-state index in [1.165, 1.54) is 6.08 Å². The average Bonchev–Trinajstić information content (AvgIpc) is 3.17. The van der Waals surface area contributed by atoms with Crippen LogP contribution in [0.4, 0.5) is 0 Å². The van der Waals surface area contributed by atoms with Crippen LogP contribution in [0.2, 0.25) is 0 Å². The molecule has 3 rings (SSSR count). The number of amides is 1. The number of carbonyl (C=O) groups is 1. The second kappa shape index (κ2) is 6.52. The van der Waals surface area contributed by atoms with Crippen molar-refractivity contribution in [3.05, 3.63) is 28.5 Å². The van der Waals surface area contributed by atoms with E-state index in [-0.39, 0.29) is 29.5 Å². The number of thiophene rings is 1. The van der Waals surface area contributed by atoms with Crippen LogP contribution in [0.5, 0.6) is 0 Å². The minimum absolute atomic E-state index is 0.0478. The predicted octanol–water partition coefficient (Wildman–Crippen LogP) is 1.14. The number of likely N-dealkylation sites (tertiary alicyclic amines) is 1. The maximum absolute atomic E-state index is 12.1. The van der Waals surface area contributed by atoms with Crippen molar-refractivity contribution in [1.29, 1.82) is 0 Å². The van der Waals surface area contributed by atoms with E-state index in [0.29, 0.717) is 0 Å². The summed E-state index contributed by atoms with van der Waals surface area (Å²) in [4.78, 5) is 14.3. The van der Waals surface area contributed by atoms with Gasteiger partial charge in [0.15, 0.2) is 9.84 Å². The second-order valence-corrected chi connectivity index (χ2v) is 8.83. The van der Waals surface area contributed by atoms with Gasteiger partial charge in [-0.2, -0.15) is 11.3 Å². The van der Waals surface area contributed by atoms with Gasteiger partial charge < -0.3 is 5.32 Å². The van der Waals surface area contributed by atoms with Gasteiger partial charge in [0.25, 0.3) is 0 Å². The molecule has 2 unspecified atom stereocenters. The van der Waals surface area contributed by atoms with Gasteiger partial charge in [-0.15, -0.1) is 0 Å². The smallest absolute Gasteiger partial charge is 0.244 e. The van der Waals surface area contributed by atoms with Crippen molar-refractivity contribution in [3.63, 3.8) is 0 Å². The Morgan fingerprint density at radius 1 is 1.32 bits per heavy atom. The van der Waals surface area contributed by atoms with Gasteiger partial charge in [0.1, 0.15) is 0 Å². The summed E-state index contributed by atoms with van der Waals surface area (Å²) in [6.45, 7) is 1.86. The van der Waals surface area contributed by atoms with Gasteiger partial charge in [0.05, 0.1) is 17.5 Å². The fraction of sp³-hybridized carbons (Fsp3) is 0.533. The minimum Gasteiger partial charge on any atom is -0.347 e. The molecule has 0 aromatic carbocycles. The molecule has 1 N–H and O–H groups in total. The molecule has 1 aromatic heterocycles. The SMILES string of the molecule is O=C(C=Cc1ccsc1)NC1CS(=O)(=O)CC1N1CCCC1. The standard InChI is InChI=1S/C15H20N2O3S2/c18-15(4-3-12-5-8-21-9-12)16-13-10-22(19,20)11-14(13)17-6-1-2-7-17/h3-5,8-9,13-14H,1-2,6-7,10-11H2,(H,16,18). The van der Waals surface area contributed by atoms with Crippen LogP contribution in [0.25, 0.3) is 6.08 Å². The highest BCUT2D eigenvalue weighted by atomic mass is 32.2. The van der Waals surface area contributed by atoms with Crippen LogP contribution < -0.4 is 5.32 Å². The van der Waals surface area contributed by atoms with Gasteiger partial charge in [0.2, 0.25) is 5.91 Å². The molecule has 2 aliphatic rings. The molecule has 1 aromatic rings. The predicted molar refractivity (Wildman–Crippen MR) is 88.5 cm³/mol. The van der Waals surface area contributed by atoms with Gasteiger partial charge in [-0.05, 0) is 54.4 Å². The Balaban J connectivity index is 1.65. The maximum Gasteiger partial charge on any atom is 0.244 e. The summed E-state index contributed by atoms with van der Waals surface area (Å²) in [7, 11) is -3.06. The van der Waals surface area contributed by atoms with Crippen LogP contribution >= 0.6 is 11.3 Å². The van der Waals surface area contributed by atoms with E-state index < -0.39 is 9.84 Å². The number of carbonyl (C=O) groups excluding carboxylic acids is 1. The van der Waals surface area contributed by atoms with E-state index in [2.05, 4.69) is 10.2 Å². The van der Waals surface area contributed by atoms with Crippen LogP contribution in [0, 0.1) is 0 Å². The zero-order chi connectivity index (χ0) is 15.6. The molecule has 120 valence electrons. The lowest BCUT2D eigenvalue weighted by Crippen LogP contribution is -2.49. The molecule has 7 heteroatoms. The molecule has 2 atom stereocenters. The lowest BCUT2D eigenvalue weighted by molar-refractivity contribution is -0.117. The third kappa shape index (κ3) is 3.77. The van der Waals surface area contributed by atoms with Crippen molar-refractivity contribution in [3.8, 4) is 0 Å². The van der Waals surface area contributed by atoms with Crippen molar-refractivity contribution in [2.75, 3.05) is 24.6 Å². The average molecular weight is 340 g/mol. The van der Waals surface area contributed by atoms with Gasteiger partial charge in [-0.25, -0.2) is 8.42 Å². The first-order chi connectivity index (χ1) is 10.5. The van der Waals surface area contributed by atoms with Gasteiger partial charge >= 0.3 is 0 Å². The largest absolute Gasteiger partial charge is 0.347 e. The Morgan fingerprint density at radius 3 is 2.77 bits per heavy atom. The maximum atomic E-state index is 12.1.